The van der Waals surface area contributed by atoms with Crippen LogP contribution in [0.4, 0.5) is 0 Å². The molecule has 0 saturated carbocycles. The van der Waals surface area contributed by atoms with Gasteiger partial charge in [-0.25, -0.2) is 0 Å². The maximum absolute atomic E-state index is 3.43. The van der Waals surface area contributed by atoms with Crippen LogP contribution in [0.2, 0.25) is 0 Å². The van der Waals surface area contributed by atoms with E-state index in [1.54, 1.807) is 0 Å². The fraction of sp³-hybridized carbons (Fsp3) is 0.600. The highest BCUT2D eigenvalue weighted by molar-refractivity contribution is 5.22. The minimum atomic E-state index is 0.615. The summed E-state index contributed by atoms with van der Waals surface area (Å²) in [4.78, 5) is 0. The summed E-state index contributed by atoms with van der Waals surface area (Å²) in [6, 6.07) is 9.45. The summed E-state index contributed by atoms with van der Waals surface area (Å²) < 4.78 is 0. The van der Waals surface area contributed by atoms with Crippen molar-refractivity contribution in [3.63, 3.8) is 0 Å². The normalized spacial score (nSPS) is 13.1. The van der Waals surface area contributed by atoms with Crippen LogP contribution in [-0.2, 0) is 6.42 Å². The Morgan fingerprint density at radius 3 is 2.50 bits per heavy atom. The van der Waals surface area contributed by atoms with E-state index in [0.717, 1.165) is 12.3 Å². The average molecular weight is 219 g/mol. The number of likely N-dealkylation sites (N-methyl/N-ethyl adjacent to an activating group) is 1. The van der Waals surface area contributed by atoms with Crippen molar-refractivity contribution < 1.29 is 0 Å². The lowest BCUT2D eigenvalue weighted by Crippen LogP contribution is -2.27. The van der Waals surface area contributed by atoms with Crippen LogP contribution in [0.1, 0.15) is 37.8 Å². The van der Waals surface area contributed by atoms with Crippen LogP contribution in [0.25, 0.3) is 0 Å². The molecule has 1 N–H and O–H groups in total. The Kier molecular flexibility index (Phi) is 5.54. The third kappa shape index (κ3) is 4.80. The Balaban J connectivity index is 2.49. The topological polar surface area (TPSA) is 12.0 Å². The van der Waals surface area contributed by atoms with E-state index < -0.39 is 0 Å². The van der Waals surface area contributed by atoms with E-state index in [-0.39, 0.29) is 0 Å². The highest BCUT2D eigenvalue weighted by atomic mass is 14.9. The fourth-order valence-corrected chi connectivity index (χ4v) is 2.01. The van der Waals surface area contributed by atoms with Crippen LogP contribution >= 0.6 is 0 Å². The Morgan fingerprint density at radius 2 is 1.94 bits per heavy atom. The molecule has 1 rings (SSSR count). The molecule has 90 valence electrons. The van der Waals surface area contributed by atoms with Crippen LogP contribution in [-0.4, -0.2) is 13.1 Å². The van der Waals surface area contributed by atoms with Crippen molar-refractivity contribution in [1.82, 2.24) is 5.32 Å². The van der Waals surface area contributed by atoms with Crippen LogP contribution in [0.3, 0.4) is 0 Å². The summed E-state index contributed by atoms with van der Waals surface area (Å²) in [7, 11) is 2.07. The largest absolute Gasteiger partial charge is 0.317 e. The van der Waals surface area contributed by atoms with Crippen molar-refractivity contribution in [1.29, 1.82) is 0 Å². The van der Waals surface area contributed by atoms with E-state index in [1.165, 1.54) is 24.0 Å². The first-order valence-corrected chi connectivity index (χ1v) is 6.34. The van der Waals surface area contributed by atoms with E-state index in [9.17, 15) is 0 Å². The molecule has 0 bridgehead atoms. The fourth-order valence-electron chi connectivity index (χ4n) is 2.01. The monoisotopic (exact) mass is 219 g/mol. The molecule has 1 aromatic rings. The first-order chi connectivity index (χ1) is 7.61. The zero-order chi connectivity index (χ0) is 12.0. The van der Waals surface area contributed by atoms with Gasteiger partial charge < -0.3 is 5.32 Å². The molecule has 0 aliphatic rings. The molecule has 0 aliphatic carbocycles. The van der Waals surface area contributed by atoms with E-state index in [4.69, 9.17) is 0 Å². The number of hydrogen-bond acceptors (Lipinski definition) is 1. The van der Waals surface area contributed by atoms with Crippen molar-refractivity contribution in [3.8, 4) is 0 Å². The average Bonchev–Trinajstić information content (AvgIpc) is 2.24. The maximum Gasteiger partial charge on any atom is 0.0105 e. The minimum absolute atomic E-state index is 0.615. The molecule has 0 radical (unpaired) electrons. The van der Waals surface area contributed by atoms with Gasteiger partial charge in [0.25, 0.3) is 0 Å². The van der Waals surface area contributed by atoms with Gasteiger partial charge in [0.05, 0.1) is 0 Å². The highest BCUT2D eigenvalue weighted by Gasteiger charge is 2.08. The molecular weight excluding hydrogens is 194 g/mol. The smallest absolute Gasteiger partial charge is 0.0105 e. The van der Waals surface area contributed by atoms with E-state index >= 15 is 0 Å². The molecule has 1 atom stereocenters. The van der Waals surface area contributed by atoms with Gasteiger partial charge in [0.2, 0.25) is 0 Å². The third-order valence-electron chi connectivity index (χ3n) is 3.07. The molecule has 1 nitrogen and oxygen atoms in total. The molecule has 1 unspecified atom stereocenters. The number of aryl methyl sites for hydroxylation is 1. The number of benzene rings is 1. The summed E-state index contributed by atoms with van der Waals surface area (Å²) >= 11 is 0. The van der Waals surface area contributed by atoms with Crippen molar-refractivity contribution in [2.75, 3.05) is 7.05 Å². The Hall–Kier alpha value is -0.820. The molecule has 0 amide bonds. The molecule has 16 heavy (non-hydrogen) atoms. The predicted octanol–water partition coefficient (Wildman–Crippen LogP) is 3.56. The van der Waals surface area contributed by atoms with Gasteiger partial charge in [-0.15, -0.1) is 0 Å². The summed E-state index contributed by atoms with van der Waals surface area (Å²) in [5.41, 5.74) is 2.80. The van der Waals surface area contributed by atoms with Crippen molar-refractivity contribution in [2.45, 2.75) is 46.1 Å². The summed E-state index contributed by atoms with van der Waals surface area (Å²) in [5.74, 6) is 0.799. The number of hydrogen-bond donors (Lipinski definition) is 1. The highest BCUT2D eigenvalue weighted by Crippen LogP contribution is 2.12. The number of nitrogens with one attached hydrogen (secondary N) is 1. The first kappa shape index (κ1) is 13.2. The van der Waals surface area contributed by atoms with Crippen LogP contribution < -0.4 is 5.32 Å². The minimum Gasteiger partial charge on any atom is -0.317 e. The molecule has 1 heteroatoms. The molecule has 0 aliphatic heterocycles. The lowest BCUT2D eigenvalue weighted by molar-refractivity contribution is 0.451. The molecule has 0 heterocycles. The van der Waals surface area contributed by atoms with Gasteiger partial charge >= 0.3 is 0 Å². The summed E-state index contributed by atoms with van der Waals surface area (Å²) in [6.07, 6.45) is 3.71. The van der Waals surface area contributed by atoms with Gasteiger partial charge in [0.15, 0.2) is 0 Å². The van der Waals surface area contributed by atoms with Gasteiger partial charge in [-0.1, -0.05) is 43.7 Å². The predicted molar refractivity (Wildman–Crippen MR) is 71.8 cm³/mol. The quantitative estimate of drug-likeness (QED) is 0.771. The Bertz CT molecular complexity index is 304. The zero-order valence-electron chi connectivity index (χ0n) is 11.1. The molecular formula is C15H25N. The van der Waals surface area contributed by atoms with E-state index in [2.05, 4.69) is 57.4 Å². The molecule has 0 fully saturated rings. The molecule has 0 aromatic heterocycles. The van der Waals surface area contributed by atoms with E-state index in [1.807, 2.05) is 0 Å². The van der Waals surface area contributed by atoms with Crippen molar-refractivity contribution in [2.24, 2.45) is 5.92 Å². The van der Waals surface area contributed by atoms with E-state index in [0.29, 0.717) is 6.04 Å². The number of rotatable bonds is 6. The molecule has 0 saturated heterocycles. The molecule has 0 spiro atoms. The zero-order valence-corrected chi connectivity index (χ0v) is 11.1. The second kappa shape index (κ2) is 6.70. The van der Waals surface area contributed by atoms with Crippen molar-refractivity contribution in [3.05, 3.63) is 35.4 Å². The maximum atomic E-state index is 3.43. The first-order valence-electron chi connectivity index (χ1n) is 6.34. The Labute approximate surface area is 100 Å². The molecule has 1 aromatic carbocycles. The lowest BCUT2D eigenvalue weighted by atomic mass is 9.97. The third-order valence-corrected chi connectivity index (χ3v) is 3.07. The standard InChI is InChI=1S/C15H25N/c1-12(2)8-9-15(16-4)11-14-7-5-6-13(3)10-14/h5-7,10,12,15-16H,8-9,11H2,1-4H3. The van der Waals surface area contributed by atoms with Crippen molar-refractivity contribution >= 4 is 0 Å². The lowest BCUT2D eigenvalue weighted by Gasteiger charge is -2.17. The van der Waals surface area contributed by atoms with Gasteiger partial charge in [0.1, 0.15) is 0 Å². The summed E-state index contributed by atoms with van der Waals surface area (Å²) in [5, 5.41) is 3.43. The summed E-state index contributed by atoms with van der Waals surface area (Å²) in [6.45, 7) is 6.74. The van der Waals surface area contributed by atoms with Crippen LogP contribution in [0.5, 0.6) is 0 Å². The SMILES string of the molecule is CNC(CCC(C)C)Cc1cccc(C)c1. The second-order valence-electron chi connectivity index (χ2n) is 5.15. The van der Waals surface area contributed by atoms with Gasteiger partial charge in [-0.2, -0.15) is 0 Å². The van der Waals surface area contributed by atoms with Crippen LogP contribution in [0.15, 0.2) is 24.3 Å². The van der Waals surface area contributed by atoms with Crippen LogP contribution in [0, 0.1) is 12.8 Å². The Morgan fingerprint density at radius 1 is 1.19 bits per heavy atom. The van der Waals surface area contributed by atoms with Gasteiger partial charge in [0, 0.05) is 6.04 Å². The van der Waals surface area contributed by atoms with Gasteiger partial charge in [-0.3, -0.25) is 0 Å². The van der Waals surface area contributed by atoms with Gasteiger partial charge in [-0.05, 0) is 44.7 Å². The second-order valence-corrected chi connectivity index (χ2v) is 5.15.